The second-order valence-electron chi connectivity index (χ2n) is 4.10. The van der Waals surface area contributed by atoms with Crippen molar-refractivity contribution in [2.24, 2.45) is 0 Å². The molecule has 1 N–H and O–H groups in total. The fraction of sp³-hybridized carbons (Fsp3) is 0.778. The van der Waals surface area contributed by atoms with Gasteiger partial charge in [0.1, 0.15) is 5.82 Å². The van der Waals surface area contributed by atoms with Crippen molar-refractivity contribution < 1.29 is 13.2 Å². The largest absolute Gasteiger partial charge is 0.391 e. The molecule has 90 valence electrons. The van der Waals surface area contributed by atoms with Crippen LogP contribution in [-0.4, -0.2) is 21.6 Å². The van der Waals surface area contributed by atoms with E-state index >= 15 is 0 Å². The number of rotatable bonds is 4. The van der Waals surface area contributed by atoms with E-state index in [1.807, 2.05) is 0 Å². The van der Waals surface area contributed by atoms with E-state index in [0.29, 0.717) is 11.0 Å². The van der Waals surface area contributed by atoms with Crippen LogP contribution in [0.1, 0.15) is 37.9 Å². The second kappa shape index (κ2) is 4.20. The van der Waals surface area contributed by atoms with Crippen LogP contribution >= 0.6 is 11.5 Å². The predicted molar refractivity (Wildman–Crippen MR) is 55.6 cm³/mol. The second-order valence-corrected chi connectivity index (χ2v) is 4.85. The average Bonchev–Trinajstić information content (AvgIpc) is 2.85. The van der Waals surface area contributed by atoms with Gasteiger partial charge < -0.3 is 5.32 Å². The van der Waals surface area contributed by atoms with Gasteiger partial charge in [0.15, 0.2) is 0 Å². The first-order chi connectivity index (χ1) is 7.44. The molecule has 0 radical (unpaired) electrons. The summed E-state index contributed by atoms with van der Waals surface area (Å²) in [5, 5.41) is 3.21. The van der Waals surface area contributed by atoms with Crippen LogP contribution in [0.5, 0.6) is 0 Å². The van der Waals surface area contributed by atoms with Crippen molar-refractivity contribution in [1.82, 2.24) is 9.36 Å². The van der Waals surface area contributed by atoms with Crippen molar-refractivity contribution in [2.45, 2.75) is 44.3 Å². The van der Waals surface area contributed by atoms with E-state index in [1.54, 1.807) is 0 Å². The summed E-state index contributed by atoms with van der Waals surface area (Å²) in [6.45, 7) is 1.49. The van der Waals surface area contributed by atoms with Crippen LogP contribution in [-0.2, 0) is 0 Å². The number of alkyl halides is 3. The van der Waals surface area contributed by atoms with Crippen molar-refractivity contribution in [3.05, 3.63) is 5.82 Å². The Kier molecular flexibility index (Phi) is 3.05. The maximum absolute atomic E-state index is 12.1. The van der Waals surface area contributed by atoms with Crippen LogP contribution in [0, 0.1) is 0 Å². The van der Waals surface area contributed by atoms with Crippen LogP contribution in [0.15, 0.2) is 0 Å². The highest BCUT2D eigenvalue weighted by Crippen LogP contribution is 2.39. The average molecular weight is 251 g/mol. The Morgan fingerprint density at radius 3 is 2.75 bits per heavy atom. The lowest BCUT2D eigenvalue weighted by atomic mass is 10.2. The molecule has 1 aliphatic carbocycles. The number of hydrogen-bond donors (Lipinski definition) is 1. The topological polar surface area (TPSA) is 37.8 Å². The molecule has 2 rings (SSSR count). The maximum atomic E-state index is 12.1. The minimum absolute atomic E-state index is 0.435. The Balaban J connectivity index is 1.87. The van der Waals surface area contributed by atoms with Crippen molar-refractivity contribution in [3.63, 3.8) is 0 Å². The molecule has 0 bridgehead atoms. The lowest BCUT2D eigenvalue weighted by Gasteiger charge is -2.14. The maximum Gasteiger partial charge on any atom is 0.391 e. The molecule has 0 spiro atoms. The first kappa shape index (κ1) is 11.6. The van der Waals surface area contributed by atoms with Crippen LogP contribution < -0.4 is 5.32 Å². The van der Waals surface area contributed by atoms with E-state index in [1.165, 1.54) is 6.92 Å². The standard InChI is InChI=1S/C9H12F3N3S/c1-5(4-9(10,11)12)13-8-14-7(15-16-8)6-2-3-6/h5-6H,2-4H2,1H3,(H,13,14,15). The van der Waals surface area contributed by atoms with Crippen LogP contribution in [0.25, 0.3) is 0 Å². The summed E-state index contributed by atoms with van der Waals surface area (Å²) >= 11 is 1.13. The Morgan fingerprint density at radius 1 is 1.50 bits per heavy atom. The highest BCUT2D eigenvalue weighted by atomic mass is 32.1. The number of halogens is 3. The zero-order valence-corrected chi connectivity index (χ0v) is 9.53. The van der Waals surface area contributed by atoms with Crippen molar-refractivity contribution >= 4 is 16.7 Å². The normalized spacial score (nSPS) is 18.5. The summed E-state index contributed by atoms with van der Waals surface area (Å²) in [6, 6.07) is -0.667. The third-order valence-electron chi connectivity index (χ3n) is 2.29. The first-order valence-electron chi connectivity index (χ1n) is 5.11. The summed E-state index contributed by atoms with van der Waals surface area (Å²) in [7, 11) is 0. The molecule has 0 saturated heterocycles. The lowest BCUT2D eigenvalue weighted by molar-refractivity contribution is -0.136. The molecule has 3 nitrogen and oxygen atoms in total. The Bertz CT molecular complexity index is 359. The summed E-state index contributed by atoms with van der Waals surface area (Å²) in [6.07, 6.45) is -2.82. The predicted octanol–water partition coefficient (Wildman–Crippen LogP) is 3.17. The van der Waals surface area contributed by atoms with Gasteiger partial charge in [-0.15, -0.1) is 0 Å². The lowest BCUT2D eigenvalue weighted by Crippen LogP contribution is -2.23. The summed E-state index contributed by atoms with van der Waals surface area (Å²) in [4.78, 5) is 4.17. The minimum atomic E-state index is -4.14. The van der Waals surface area contributed by atoms with Gasteiger partial charge in [0, 0.05) is 23.5 Å². The molecule has 1 atom stereocenters. The van der Waals surface area contributed by atoms with Gasteiger partial charge in [-0.05, 0) is 19.8 Å². The van der Waals surface area contributed by atoms with E-state index in [-0.39, 0.29) is 0 Å². The van der Waals surface area contributed by atoms with Gasteiger partial charge in [0.05, 0.1) is 6.42 Å². The first-order valence-corrected chi connectivity index (χ1v) is 5.88. The van der Waals surface area contributed by atoms with Gasteiger partial charge >= 0.3 is 6.18 Å². The number of nitrogens with one attached hydrogen (secondary N) is 1. The number of hydrogen-bond acceptors (Lipinski definition) is 4. The molecule has 1 aliphatic rings. The van der Waals surface area contributed by atoms with Gasteiger partial charge in [0.2, 0.25) is 5.13 Å². The van der Waals surface area contributed by atoms with Crippen LogP contribution in [0.2, 0.25) is 0 Å². The van der Waals surface area contributed by atoms with E-state index in [4.69, 9.17) is 0 Å². The van der Waals surface area contributed by atoms with Crippen LogP contribution in [0.3, 0.4) is 0 Å². The molecule has 1 saturated carbocycles. The third kappa shape index (κ3) is 3.33. The molecule has 7 heteroatoms. The zero-order chi connectivity index (χ0) is 11.8. The Morgan fingerprint density at radius 2 is 2.19 bits per heavy atom. The SMILES string of the molecule is CC(CC(F)(F)F)Nc1nc(C2CC2)ns1. The summed E-state index contributed by atoms with van der Waals surface area (Å²) in [5.41, 5.74) is 0. The molecule has 16 heavy (non-hydrogen) atoms. The molecule has 1 fully saturated rings. The molecule has 0 aliphatic heterocycles. The van der Waals surface area contributed by atoms with Gasteiger partial charge in [-0.1, -0.05) is 0 Å². The van der Waals surface area contributed by atoms with E-state index in [0.717, 1.165) is 30.2 Å². The highest BCUT2D eigenvalue weighted by molar-refractivity contribution is 7.09. The van der Waals surface area contributed by atoms with E-state index < -0.39 is 18.6 Å². The minimum Gasteiger partial charge on any atom is -0.357 e. The molecular weight excluding hydrogens is 239 g/mol. The summed E-state index contributed by atoms with van der Waals surface area (Å²) in [5.74, 6) is 1.21. The van der Waals surface area contributed by atoms with Gasteiger partial charge in [-0.25, -0.2) is 4.98 Å². The fourth-order valence-electron chi connectivity index (χ4n) is 1.41. The number of nitrogens with zero attached hydrogens (tertiary/aromatic N) is 2. The number of anilines is 1. The van der Waals surface area contributed by atoms with Crippen LogP contribution in [0.4, 0.5) is 18.3 Å². The van der Waals surface area contributed by atoms with Crippen molar-refractivity contribution in [3.8, 4) is 0 Å². The molecular formula is C9H12F3N3S. The third-order valence-corrected chi connectivity index (χ3v) is 2.95. The fourth-order valence-corrected chi connectivity index (χ4v) is 2.17. The van der Waals surface area contributed by atoms with Gasteiger partial charge in [-0.2, -0.15) is 17.5 Å². The molecule has 0 amide bonds. The van der Waals surface area contributed by atoms with Gasteiger partial charge in [0.25, 0.3) is 0 Å². The van der Waals surface area contributed by atoms with Gasteiger partial charge in [-0.3, -0.25) is 0 Å². The quantitative estimate of drug-likeness (QED) is 0.893. The monoisotopic (exact) mass is 251 g/mol. The molecule has 1 unspecified atom stereocenters. The zero-order valence-electron chi connectivity index (χ0n) is 8.71. The van der Waals surface area contributed by atoms with E-state index in [9.17, 15) is 13.2 Å². The smallest absolute Gasteiger partial charge is 0.357 e. The van der Waals surface area contributed by atoms with E-state index in [2.05, 4.69) is 14.7 Å². The van der Waals surface area contributed by atoms with Crippen molar-refractivity contribution in [1.29, 1.82) is 0 Å². The Hall–Kier alpha value is -0.850. The summed E-state index contributed by atoms with van der Waals surface area (Å²) < 4.78 is 40.4. The Labute approximate surface area is 95.2 Å². The molecule has 1 aromatic heterocycles. The molecule has 1 aromatic rings. The molecule has 1 heterocycles. The number of aromatic nitrogens is 2. The van der Waals surface area contributed by atoms with Crippen molar-refractivity contribution in [2.75, 3.05) is 5.32 Å². The molecule has 0 aromatic carbocycles. The highest BCUT2D eigenvalue weighted by Gasteiger charge is 2.31.